The predicted molar refractivity (Wildman–Crippen MR) is 116 cm³/mol. The Morgan fingerprint density at radius 1 is 1.07 bits per heavy atom. The number of anilines is 1. The highest BCUT2D eigenvalue weighted by molar-refractivity contribution is 7.89. The Bertz CT molecular complexity index is 989. The van der Waals surface area contributed by atoms with Crippen LogP contribution in [-0.2, 0) is 21.2 Å². The average molecular weight is 429 g/mol. The van der Waals surface area contributed by atoms with Gasteiger partial charge in [-0.25, -0.2) is 18.1 Å². The number of nitrogens with one attached hydrogen (secondary N) is 3. The van der Waals surface area contributed by atoms with Crippen molar-refractivity contribution in [1.82, 2.24) is 15.0 Å². The molecule has 1 amide bonds. The van der Waals surface area contributed by atoms with E-state index in [0.717, 1.165) is 49.7 Å². The van der Waals surface area contributed by atoms with E-state index >= 15 is 0 Å². The molecule has 0 aliphatic heterocycles. The van der Waals surface area contributed by atoms with Crippen LogP contribution in [0.15, 0.2) is 47.5 Å². The SMILES string of the molecule is O=C(N[C@@H]1CCc2ccc(S(=O)(=O)NCCNc3ccccn3)cc21)C1CCCC1. The summed E-state index contributed by atoms with van der Waals surface area (Å²) in [7, 11) is -3.63. The third kappa shape index (κ3) is 4.82. The number of carbonyl (C=O) groups is 1. The van der Waals surface area contributed by atoms with Crippen molar-refractivity contribution in [1.29, 1.82) is 0 Å². The normalized spacial score (nSPS) is 18.9. The van der Waals surface area contributed by atoms with Crippen LogP contribution in [0.25, 0.3) is 0 Å². The summed E-state index contributed by atoms with van der Waals surface area (Å²) in [5, 5.41) is 6.24. The monoisotopic (exact) mass is 428 g/mol. The zero-order valence-corrected chi connectivity index (χ0v) is 17.7. The zero-order valence-electron chi connectivity index (χ0n) is 16.9. The van der Waals surface area contributed by atoms with Crippen LogP contribution < -0.4 is 15.4 Å². The van der Waals surface area contributed by atoms with Crippen molar-refractivity contribution >= 4 is 21.7 Å². The van der Waals surface area contributed by atoms with Crippen LogP contribution in [0.1, 0.15) is 49.3 Å². The van der Waals surface area contributed by atoms with Crippen molar-refractivity contribution in [2.45, 2.75) is 49.5 Å². The van der Waals surface area contributed by atoms with Gasteiger partial charge in [-0.05, 0) is 61.1 Å². The summed E-state index contributed by atoms with van der Waals surface area (Å²) in [6.07, 6.45) is 7.49. The number of fused-ring (bicyclic) bond motifs is 1. The number of hydrogen-bond acceptors (Lipinski definition) is 5. The predicted octanol–water partition coefficient (Wildman–Crippen LogP) is 2.77. The number of hydrogen-bond donors (Lipinski definition) is 3. The van der Waals surface area contributed by atoms with E-state index in [9.17, 15) is 13.2 Å². The summed E-state index contributed by atoms with van der Waals surface area (Å²) in [6.45, 7) is 0.680. The minimum Gasteiger partial charge on any atom is -0.369 e. The number of rotatable bonds is 8. The molecule has 2 aliphatic carbocycles. The third-order valence-corrected chi connectivity index (χ3v) is 7.39. The van der Waals surface area contributed by atoms with E-state index < -0.39 is 10.0 Å². The first-order valence-electron chi connectivity index (χ1n) is 10.6. The molecule has 0 saturated heterocycles. The van der Waals surface area contributed by atoms with Gasteiger partial charge in [0.1, 0.15) is 5.82 Å². The summed E-state index contributed by atoms with van der Waals surface area (Å²) >= 11 is 0. The Morgan fingerprint density at radius 3 is 2.67 bits per heavy atom. The van der Waals surface area contributed by atoms with E-state index in [2.05, 4.69) is 20.3 Å². The summed E-state index contributed by atoms with van der Waals surface area (Å²) < 4.78 is 28.1. The van der Waals surface area contributed by atoms with E-state index in [1.54, 1.807) is 18.3 Å². The molecule has 2 aliphatic rings. The summed E-state index contributed by atoms with van der Waals surface area (Å²) in [4.78, 5) is 16.9. The molecule has 1 saturated carbocycles. The lowest BCUT2D eigenvalue weighted by atomic mass is 10.0. The first-order chi connectivity index (χ1) is 14.5. The molecule has 0 unspecified atom stereocenters. The van der Waals surface area contributed by atoms with E-state index in [1.165, 1.54) is 0 Å². The van der Waals surface area contributed by atoms with Crippen LogP contribution in [0.2, 0.25) is 0 Å². The molecule has 30 heavy (non-hydrogen) atoms. The fourth-order valence-corrected chi connectivity index (χ4v) is 5.37. The van der Waals surface area contributed by atoms with Crippen molar-refractivity contribution in [3.05, 3.63) is 53.7 Å². The molecule has 0 radical (unpaired) electrons. The van der Waals surface area contributed by atoms with Gasteiger partial charge >= 0.3 is 0 Å². The second-order valence-electron chi connectivity index (χ2n) is 7.98. The van der Waals surface area contributed by atoms with Gasteiger partial charge in [-0.2, -0.15) is 0 Å². The standard InChI is InChI=1S/C22H28N4O3S/c27-22(17-5-1-2-6-17)26-20-11-9-16-8-10-18(15-19(16)20)30(28,29)25-14-13-24-21-7-3-4-12-23-21/h3-4,7-8,10,12,15,17,20,25H,1-2,5-6,9,11,13-14H2,(H,23,24)(H,26,27)/t20-/m1/s1. The van der Waals surface area contributed by atoms with E-state index in [0.29, 0.717) is 12.4 Å². The van der Waals surface area contributed by atoms with Crippen LogP contribution in [0.3, 0.4) is 0 Å². The van der Waals surface area contributed by atoms with Gasteiger partial charge in [0.15, 0.2) is 0 Å². The quantitative estimate of drug-likeness (QED) is 0.562. The number of amides is 1. The first-order valence-corrected chi connectivity index (χ1v) is 12.1. The Hall–Kier alpha value is -2.45. The largest absolute Gasteiger partial charge is 0.369 e. The maximum atomic E-state index is 12.7. The van der Waals surface area contributed by atoms with Gasteiger partial charge in [-0.1, -0.05) is 25.0 Å². The second-order valence-corrected chi connectivity index (χ2v) is 9.75. The maximum absolute atomic E-state index is 12.7. The summed E-state index contributed by atoms with van der Waals surface area (Å²) in [5.41, 5.74) is 2.04. The lowest BCUT2D eigenvalue weighted by molar-refractivity contribution is -0.125. The number of aromatic nitrogens is 1. The number of nitrogens with zero attached hydrogens (tertiary/aromatic N) is 1. The highest BCUT2D eigenvalue weighted by Crippen LogP contribution is 2.34. The van der Waals surface area contributed by atoms with Crippen molar-refractivity contribution in [2.75, 3.05) is 18.4 Å². The molecule has 1 aromatic carbocycles. The smallest absolute Gasteiger partial charge is 0.240 e. The lowest BCUT2D eigenvalue weighted by Crippen LogP contribution is -2.32. The van der Waals surface area contributed by atoms with E-state index in [1.807, 2.05) is 24.3 Å². The van der Waals surface area contributed by atoms with Crippen molar-refractivity contribution in [3.63, 3.8) is 0 Å². The van der Waals surface area contributed by atoms with Gasteiger partial charge in [-0.15, -0.1) is 0 Å². The number of carbonyl (C=O) groups excluding carboxylic acids is 1. The highest BCUT2D eigenvalue weighted by Gasteiger charge is 2.29. The lowest BCUT2D eigenvalue weighted by Gasteiger charge is -2.18. The van der Waals surface area contributed by atoms with Crippen LogP contribution in [0, 0.1) is 5.92 Å². The van der Waals surface area contributed by atoms with Crippen molar-refractivity contribution in [3.8, 4) is 0 Å². The first kappa shape index (κ1) is 20.8. The van der Waals surface area contributed by atoms with Gasteiger partial charge in [0, 0.05) is 25.2 Å². The zero-order chi connectivity index (χ0) is 21.0. The molecular weight excluding hydrogens is 400 g/mol. The van der Waals surface area contributed by atoms with Crippen molar-refractivity contribution < 1.29 is 13.2 Å². The number of aryl methyl sites for hydroxylation is 1. The van der Waals surface area contributed by atoms with Crippen LogP contribution >= 0.6 is 0 Å². The fraction of sp³-hybridized carbons (Fsp3) is 0.455. The minimum atomic E-state index is -3.63. The highest BCUT2D eigenvalue weighted by atomic mass is 32.2. The molecule has 4 rings (SSSR count). The topological polar surface area (TPSA) is 100 Å². The second kappa shape index (κ2) is 9.14. The number of benzene rings is 1. The Morgan fingerprint density at radius 2 is 1.90 bits per heavy atom. The molecule has 2 aromatic rings. The summed E-state index contributed by atoms with van der Waals surface area (Å²) in [6, 6.07) is 10.7. The van der Waals surface area contributed by atoms with E-state index in [-0.39, 0.29) is 29.3 Å². The Labute approximate surface area is 177 Å². The molecular formula is C22H28N4O3S. The van der Waals surface area contributed by atoms with Crippen molar-refractivity contribution in [2.24, 2.45) is 5.92 Å². The minimum absolute atomic E-state index is 0.103. The molecule has 8 heteroatoms. The van der Waals surface area contributed by atoms with Gasteiger partial charge in [0.25, 0.3) is 0 Å². The Kier molecular flexibility index (Phi) is 6.34. The number of pyridine rings is 1. The van der Waals surface area contributed by atoms with Gasteiger partial charge in [0.05, 0.1) is 10.9 Å². The molecule has 7 nitrogen and oxygen atoms in total. The van der Waals surface area contributed by atoms with Crippen LogP contribution in [0.5, 0.6) is 0 Å². The van der Waals surface area contributed by atoms with Crippen LogP contribution in [0.4, 0.5) is 5.82 Å². The molecule has 1 fully saturated rings. The maximum Gasteiger partial charge on any atom is 0.240 e. The van der Waals surface area contributed by atoms with Gasteiger partial charge < -0.3 is 10.6 Å². The third-order valence-electron chi connectivity index (χ3n) is 5.94. The van der Waals surface area contributed by atoms with Gasteiger partial charge in [-0.3, -0.25) is 4.79 Å². The molecule has 0 spiro atoms. The Balaban J connectivity index is 1.37. The van der Waals surface area contributed by atoms with Crippen LogP contribution in [-0.4, -0.2) is 32.4 Å². The molecule has 1 heterocycles. The molecule has 160 valence electrons. The summed E-state index contributed by atoms with van der Waals surface area (Å²) in [5.74, 6) is 0.918. The molecule has 1 aromatic heterocycles. The fourth-order valence-electron chi connectivity index (χ4n) is 4.30. The molecule has 3 N–H and O–H groups in total. The van der Waals surface area contributed by atoms with Gasteiger partial charge in [0.2, 0.25) is 15.9 Å². The molecule has 1 atom stereocenters. The molecule has 0 bridgehead atoms. The average Bonchev–Trinajstić information content (AvgIpc) is 3.42. The van der Waals surface area contributed by atoms with E-state index in [4.69, 9.17) is 0 Å². The number of sulfonamides is 1.